The summed E-state index contributed by atoms with van der Waals surface area (Å²) in [5.74, 6) is 0.560. The lowest BCUT2D eigenvalue weighted by Crippen LogP contribution is -2.37. The molecule has 1 aliphatic heterocycles. The second-order valence-corrected chi connectivity index (χ2v) is 8.61. The third-order valence-corrected chi connectivity index (χ3v) is 6.38. The molecule has 5 heteroatoms. The number of carbonyl (C=O) groups is 1. The fourth-order valence-electron chi connectivity index (χ4n) is 4.69. The summed E-state index contributed by atoms with van der Waals surface area (Å²) in [6, 6.07) is 4.57. The van der Waals surface area contributed by atoms with Gasteiger partial charge in [-0.25, -0.2) is 4.39 Å². The van der Waals surface area contributed by atoms with Gasteiger partial charge in [-0.15, -0.1) is 0 Å². The van der Waals surface area contributed by atoms with E-state index in [1.54, 1.807) is 6.07 Å². The van der Waals surface area contributed by atoms with Gasteiger partial charge in [0, 0.05) is 30.8 Å². The van der Waals surface area contributed by atoms with Crippen molar-refractivity contribution >= 4 is 11.6 Å². The van der Waals surface area contributed by atoms with E-state index in [9.17, 15) is 14.3 Å². The van der Waals surface area contributed by atoms with Gasteiger partial charge in [0.05, 0.1) is 12.1 Å². The Kier molecular flexibility index (Phi) is 7.72. The Morgan fingerprint density at radius 2 is 1.93 bits per heavy atom. The number of nitrogens with one attached hydrogen (secondary N) is 1. The molecule has 0 radical (unpaired) electrons. The Labute approximate surface area is 168 Å². The van der Waals surface area contributed by atoms with Crippen LogP contribution in [0.15, 0.2) is 18.2 Å². The van der Waals surface area contributed by atoms with Crippen LogP contribution in [0.1, 0.15) is 82.7 Å². The van der Waals surface area contributed by atoms with E-state index in [4.69, 9.17) is 0 Å². The minimum Gasteiger partial charge on any atom is -0.393 e. The fraction of sp³-hybridized carbons (Fsp3) is 0.696. The molecule has 1 amide bonds. The third kappa shape index (κ3) is 5.94. The molecule has 1 heterocycles. The number of piperidine rings is 1. The summed E-state index contributed by atoms with van der Waals surface area (Å²) in [6.07, 6.45) is 10.5. The Morgan fingerprint density at radius 1 is 1.21 bits per heavy atom. The summed E-state index contributed by atoms with van der Waals surface area (Å²) < 4.78 is 13.9. The summed E-state index contributed by atoms with van der Waals surface area (Å²) in [5, 5.41) is 12.8. The minimum absolute atomic E-state index is 0.0487. The first-order valence-corrected chi connectivity index (χ1v) is 11.0. The van der Waals surface area contributed by atoms with E-state index in [-0.39, 0.29) is 23.9 Å². The number of anilines is 1. The van der Waals surface area contributed by atoms with Crippen LogP contribution in [0.25, 0.3) is 0 Å². The summed E-state index contributed by atoms with van der Waals surface area (Å²) in [7, 11) is 0. The average molecular weight is 391 g/mol. The van der Waals surface area contributed by atoms with Crippen molar-refractivity contribution < 1.29 is 14.3 Å². The van der Waals surface area contributed by atoms with Crippen molar-refractivity contribution in [3.8, 4) is 0 Å². The lowest BCUT2D eigenvalue weighted by molar-refractivity contribution is -0.121. The highest BCUT2D eigenvalue weighted by molar-refractivity contribution is 5.76. The monoisotopic (exact) mass is 390 g/mol. The molecule has 2 N–H and O–H groups in total. The number of hydrogen-bond donors (Lipinski definition) is 2. The highest BCUT2D eigenvalue weighted by Gasteiger charge is 2.22. The number of rotatable bonds is 7. The van der Waals surface area contributed by atoms with E-state index in [1.165, 1.54) is 44.2 Å². The molecule has 156 valence electrons. The Morgan fingerprint density at radius 3 is 2.64 bits per heavy atom. The van der Waals surface area contributed by atoms with Crippen LogP contribution in [-0.2, 0) is 4.79 Å². The topological polar surface area (TPSA) is 52.6 Å². The van der Waals surface area contributed by atoms with Crippen LogP contribution in [0.2, 0.25) is 0 Å². The number of nitrogens with zero attached hydrogens (tertiary/aromatic N) is 1. The second-order valence-electron chi connectivity index (χ2n) is 8.61. The molecule has 2 fully saturated rings. The molecule has 0 spiro atoms. The van der Waals surface area contributed by atoms with Gasteiger partial charge < -0.3 is 15.3 Å². The molecule has 1 aromatic rings. The average Bonchev–Trinajstić information content (AvgIpc) is 2.69. The fourth-order valence-corrected chi connectivity index (χ4v) is 4.69. The first kappa shape index (κ1) is 21.1. The highest BCUT2D eigenvalue weighted by Crippen LogP contribution is 2.30. The van der Waals surface area contributed by atoms with E-state index in [2.05, 4.69) is 10.2 Å². The molecular weight excluding hydrogens is 355 g/mol. The number of aliphatic hydroxyl groups is 1. The lowest BCUT2D eigenvalue weighted by Gasteiger charge is -2.34. The first-order valence-electron chi connectivity index (χ1n) is 11.0. The predicted molar refractivity (Wildman–Crippen MR) is 111 cm³/mol. The van der Waals surface area contributed by atoms with Crippen molar-refractivity contribution in [2.24, 2.45) is 5.92 Å². The van der Waals surface area contributed by atoms with Crippen LogP contribution >= 0.6 is 0 Å². The Bertz CT molecular complexity index is 637. The van der Waals surface area contributed by atoms with Gasteiger partial charge >= 0.3 is 0 Å². The van der Waals surface area contributed by atoms with Crippen molar-refractivity contribution in [2.45, 2.75) is 83.3 Å². The smallest absolute Gasteiger partial charge is 0.220 e. The maximum Gasteiger partial charge on any atom is 0.220 e. The molecule has 2 aliphatic rings. The molecule has 0 unspecified atom stereocenters. The van der Waals surface area contributed by atoms with Crippen LogP contribution in [0, 0.1) is 11.7 Å². The van der Waals surface area contributed by atoms with Gasteiger partial charge in [-0.05, 0) is 56.7 Å². The Hall–Kier alpha value is -1.62. The van der Waals surface area contributed by atoms with Crippen molar-refractivity contribution in [2.75, 3.05) is 18.0 Å². The van der Waals surface area contributed by atoms with Crippen molar-refractivity contribution in [3.05, 3.63) is 29.6 Å². The van der Waals surface area contributed by atoms with Gasteiger partial charge in [-0.1, -0.05) is 32.1 Å². The third-order valence-electron chi connectivity index (χ3n) is 6.38. The standard InChI is InChI=1S/C23H35FN2O2/c1-17(25-23(28)9-5-8-18-6-3-2-4-7-18)21-16-19(24)10-11-22(21)26-14-12-20(27)13-15-26/h10-11,16-18,20,27H,2-9,12-15H2,1H3,(H,25,28)/t17-/m0/s1. The molecule has 4 nitrogen and oxygen atoms in total. The molecular formula is C23H35FN2O2. The maximum atomic E-state index is 13.9. The molecule has 28 heavy (non-hydrogen) atoms. The predicted octanol–water partition coefficient (Wildman–Crippen LogP) is 4.71. The van der Waals surface area contributed by atoms with E-state index in [0.717, 1.165) is 55.9 Å². The summed E-state index contributed by atoms with van der Waals surface area (Å²) >= 11 is 0. The molecule has 1 saturated carbocycles. The minimum atomic E-state index is -0.283. The van der Waals surface area contributed by atoms with Gasteiger partial charge in [0.2, 0.25) is 5.91 Å². The van der Waals surface area contributed by atoms with Gasteiger partial charge in [0.25, 0.3) is 0 Å². The van der Waals surface area contributed by atoms with E-state index >= 15 is 0 Å². The number of halogens is 1. The van der Waals surface area contributed by atoms with Crippen LogP contribution in [0.4, 0.5) is 10.1 Å². The number of carbonyl (C=O) groups excluding carboxylic acids is 1. The SMILES string of the molecule is C[C@H](NC(=O)CCCC1CCCCC1)c1cc(F)ccc1N1CCC(O)CC1. The summed E-state index contributed by atoms with van der Waals surface area (Å²) in [5.41, 5.74) is 1.78. The molecule has 1 saturated heterocycles. The van der Waals surface area contributed by atoms with E-state index < -0.39 is 0 Å². The highest BCUT2D eigenvalue weighted by atomic mass is 19.1. The number of benzene rings is 1. The van der Waals surface area contributed by atoms with Crippen molar-refractivity contribution in [1.29, 1.82) is 0 Å². The largest absolute Gasteiger partial charge is 0.393 e. The maximum absolute atomic E-state index is 13.9. The number of amides is 1. The van der Waals surface area contributed by atoms with Crippen LogP contribution in [-0.4, -0.2) is 30.2 Å². The van der Waals surface area contributed by atoms with Crippen LogP contribution in [0.3, 0.4) is 0 Å². The molecule has 1 atom stereocenters. The zero-order valence-corrected chi connectivity index (χ0v) is 17.1. The molecule has 0 aromatic heterocycles. The molecule has 3 rings (SSSR count). The normalized spacial score (nSPS) is 20.2. The first-order chi connectivity index (χ1) is 13.5. The van der Waals surface area contributed by atoms with E-state index in [0.29, 0.717) is 6.42 Å². The van der Waals surface area contributed by atoms with Gasteiger partial charge in [-0.2, -0.15) is 0 Å². The van der Waals surface area contributed by atoms with Crippen molar-refractivity contribution in [1.82, 2.24) is 5.32 Å². The Balaban J connectivity index is 1.54. The summed E-state index contributed by atoms with van der Waals surface area (Å²) in [4.78, 5) is 14.6. The van der Waals surface area contributed by atoms with Gasteiger partial charge in [-0.3, -0.25) is 4.79 Å². The van der Waals surface area contributed by atoms with Crippen LogP contribution in [0.5, 0.6) is 0 Å². The molecule has 1 aliphatic carbocycles. The molecule has 0 bridgehead atoms. The zero-order chi connectivity index (χ0) is 19.9. The molecule has 1 aromatic carbocycles. The number of hydrogen-bond acceptors (Lipinski definition) is 3. The number of aliphatic hydroxyl groups excluding tert-OH is 1. The quantitative estimate of drug-likeness (QED) is 0.709. The van der Waals surface area contributed by atoms with E-state index in [1.807, 2.05) is 6.92 Å². The van der Waals surface area contributed by atoms with Crippen molar-refractivity contribution in [3.63, 3.8) is 0 Å². The lowest BCUT2D eigenvalue weighted by atomic mass is 9.86. The van der Waals surface area contributed by atoms with Crippen LogP contribution < -0.4 is 10.2 Å². The zero-order valence-electron chi connectivity index (χ0n) is 17.1. The van der Waals surface area contributed by atoms with Gasteiger partial charge in [0.15, 0.2) is 0 Å². The second kappa shape index (κ2) is 10.2. The van der Waals surface area contributed by atoms with Gasteiger partial charge in [0.1, 0.15) is 5.82 Å². The summed E-state index contributed by atoms with van der Waals surface area (Å²) in [6.45, 7) is 3.43.